The fourth-order valence-electron chi connectivity index (χ4n) is 2.95. The van der Waals surface area contributed by atoms with Gasteiger partial charge in [-0.2, -0.15) is 0 Å². The van der Waals surface area contributed by atoms with Crippen LogP contribution in [0.1, 0.15) is 10.4 Å². The molecule has 0 aromatic heterocycles. The van der Waals surface area contributed by atoms with Crippen molar-refractivity contribution in [3.8, 4) is 11.5 Å². The van der Waals surface area contributed by atoms with Crippen LogP contribution in [0.15, 0.2) is 60.7 Å². The molecule has 1 aliphatic rings. The summed E-state index contributed by atoms with van der Waals surface area (Å²) in [4.78, 5) is 36.0. The molecule has 4 rings (SSSR count). The minimum atomic E-state index is -0.718. The zero-order chi connectivity index (χ0) is 20.9. The second-order valence-corrected chi connectivity index (χ2v) is 6.52. The summed E-state index contributed by atoms with van der Waals surface area (Å²) in [7, 11) is 0. The van der Waals surface area contributed by atoms with Gasteiger partial charge in [-0.3, -0.25) is 14.4 Å². The van der Waals surface area contributed by atoms with Gasteiger partial charge in [0.05, 0.1) is 0 Å². The van der Waals surface area contributed by atoms with E-state index >= 15 is 0 Å². The highest BCUT2D eigenvalue weighted by atomic mass is 16.7. The third kappa shape index (κ3) is 4.49. The Balaban J connectivity index is 1.23. The minimum Gasteiger partial charge on any atom is -0.454 e. The van der Waals surface area contributed by atoms with Crippen LogP contribution in [-0.4, -0.2) is 37.7 Å². The van der Waals surface area contributed by atoms with Crippen LogP contribution >= 0.6 is 0 Å². The zero-order valence-electron chi connectivity index (χ0n) is 15.8. The number of nitrogens with one attached hydrogen (secondary N) is 2. The van der Waals surface area contributed by atoms with Gasteiger partial charge in [0, 0.05) is 17.3 Å². The van der Waals surface area contributed by atoms with E-state index in [-0.39, 0.29) is 13.3 Å². The van der Waals surface area contributed by atoms with Gasteiger partial charge in [-0.1, -0.05) is 30.3 Å². The predicted molar refractivity (Wildman–Crippen MR) is 108 cm³/mol. The van der Waals surface area contributed by atoms with Gasteiger partial charge >= 0.3 is 5.97 Å². The Morgan fingerprint density at radius 3 is 2.57 bits per heavy atom. The van der Waals surface area contributed by atoms with Crippen LogP contribution in [-0.2, 0) is 14.3 Å². The Bertz CT molecular complexity index is 1130. The largest absolute Gasteiger partial charge is 0.454 e. The number of hydrogen-bond donors (Lipinski definition) is 2. The van der Waals surface area contributed by atoms with Gasteiger partial charge in [0.15, 0.2) is 18.1 Å². The molecular weight excluding hydrogens is 388 g/mol. The number of carbonyl (C=O) groups excluding carboxylic acids is 3. The molecule has 0 radical (unpaired) electrons. The lowest BCUT2D eigenvalue weighted by Crippen LogP contribution is -2.32. The molecule has 0 aliphatic carbocycles. The highest BCUT2D eigenvalue weighted by Gasteiger charge is 2.15. The standard InChI is InChI=1S/C22H18N2O6/c25-20(24-17-7-8-18-19(10-17)30-13-29-18)12-28-21(26)11-23-22(27)16-6-5-14-3-1-2-4-15(14)9-16/h1-10H,11-13H2,(H,23,27)(H,24,25). The Kier molecular flexibility index (Phi) is 5.47. The zero-order valence-corrected chi connectivity index (χ0v) is 15.8. The molecule has 0 saturated heterocycles. The number of hydrogen-bond acceptors (Lipinski definition) is 6. The van der Waals surface area contributed by atoms with E-state index in [1.54, 1.807) is 30.3 Å². The van der Waals surface area contributed by atoms with Gasteiger partial charge in [-0.25, -0.2) is 0 Å². The summed E-state index contributed by atoms with van der Waals surface area (Å²) in [5.41, 5.74) is 0.923. The minimum absolute atomic E-state index is 0.134. The van der Waals surface area contributed by atoms with Crippen molar-refractivity contribution in [1.82, 2.24) is 5.32 Å². The quantitative estimate of drug-likeness (QED) is 0.610. The number of benzene rings is 3. The van der Waals surface area contributed by atoms with Crippen LogP contribution in [0, 0.1) is 0 Å². The summed E-state index contributed by atoms with van der Waals surface area (Å²) < 4.78 is 15.3. The summed E-state index contributed by atoms with van der Waals surface area (Å²) in [6.45, 7) is -0.683. The van der Waals surface area contributed by atoms with Crippen LogP contribution in [0.2, 0.25) is 0 Å². The molecule has 0 spiro atoms. The van der Waals surface area contributed by atoms with Crippen LogP contribution in [0.4, 0.5) is 5.69 Å². The molecule has 0 saturated carbocycles. The maximum atomic E-state index is 12.2. The molecular formula is C22H18N2O6. The Labute approximate surface area is 171 Å². The third-order valence-corrected chi connectivity index (χ3v) is 4.43. The smallest absolute Gasteiger partial charge is 0.325 e. The molecule has 0 atom stereocenters. The molecule has 0 bridgehead atoms. The molecule has 152 valence electrons. The van der Waals surface area contributed by atoms with Crippen molar-refractivity contribution in [2.45, 2.75) is 0 Å². The molecule has 3 aromatic carbocycles. The number of rotatable bonds is 6. The van der Waals surface area contributed by atoms with E-state index in [0.717, 1.165) is 10.8 Å². The molecule has 2 amide bonds. The summed E-state index contributed by atoms with van der Waals surface area (Å²) in [5.74, 6) is -0.502. The highest BCUT2D eigenvalue weighted by molar-refractivity contribution is 6.00. The molecule has 1 heterocycles. The van der Waals surface area contributed by atoms with Crippen LogP contribution in [0.5, 0.6) is 11.5 Å². The van der Waals surface area contributed by atoms with Crippen LogP contribution in [0.3, 0.4) is 0 Å². The van der Waals surface area contributed by atoms with E-state index < -0.39 is 24.4 Å². The average Bonchev–Trinajstić information content (AvgIpc) is 3.23. The third-order valence-electron chi connectivity index (χ3n) is 4.43. The summed E-state index contributed by atoms with van der Waals surface area (Å²) in [5, 5.41) is 7.02. The van der Waals surface area contributed by atoms with Gasteiger partial charge in [-0.05, 0) is 35.0 Å². The van der Waals surface area contributed by atoms with Crippen molar-refractivity contribution in [2.24, 2.45) is 0 Å². The Morgan fingerprint density at radius 2 is 1.70 bits per heavy atom. The monoisotopic (exact) mass is 406 g/mol. The van der Waals surface area contributed by atoms with E-state index in [9.17, 15) is 14.4 Å². The van der Waals surface area contributed by atoms with Crippen molar-refractivity contribution in [3.63, 3.8) is 0 Å². The first-order valence-electron chi connectivity index (χ1n) is 9.20. The topological polar surface area (TPSA) is 103 Å². The van der Waals surface area contributed by atoms with Gasteiger partial charge in [-0.15, -0.1) is 0 Å². The molecule has 3 aromatic rings. The molecule has 30 heavy (non-hydrogen) atoms. The number of anilines is 1. The normalized spacial score (nSPS) is 11.7. The van der Waals surface area contributed by atoms with E-state index in [1.165, 1.54) is 0 Å². The Hall–Kier alpha value is -4.07. The fourth-order valence-corrected chi connectivity index (χ4v) is 2.95. The van der Waals surface area contributed by atoms with Gasteiger partial charge in [0.1, 0.15) is 6.54 Å². The van der Waals surface area contributed by atoms with E-state index in [0.29, 0.717) is 22.7 Å². The lowest BCUT2D eigenvalue weighted by Gasteiger charge is -2.08. The molecule has 8 heteroatoms. The lowest BCUT2D eigenvalue weighted by molar-refractivity contribution is -0.146. The summed E-state index contributed by atoms with van der Waals surface area (Å²) in [6.07, 6.45) is 0. The molecule has 1 aliphatic heterocycles. The maximum Gasteiger partial charge on any atom is 0.325 e. The van der Waals surface area contributed by atoms with Crippen molar-refractivity contribution in [3.05, 3.63) is 66.2 Å². The number of amides is 2. The number of carbonyl (C=O) groups is 3. The van der Waals surface area contributed by atoms with Crippen molar-refractivity contribution in [1.29, 1.82) is 0 Å². The van der Waals surface area contributed by atoms with Crippen LogP contribution < -0.4 is 20.1 Å². The number of fused-ring (bicyclic) bond motifs is 2. The first kappa shape index (κ1) is 19.3. The molecule has 0 fully saturated rings. The average molecular weight is 406 g/mol. The predicted octanol–water partition coefficient (Wildman–Crippen LogP) is 2.48. The SMILES string of the molecule is O=C(COC(=O)CNC(=O)c1ccc2ccccc2c1)Nc1ccc2c(c1)OCO2. The van der Waals surface area contributed by atoms with Crippen molar-refractivity contribution >= 4 is 34.2 Å². The van der Waals surface area contributed by atoms with E-state index in [1.807, 2.05) is 30.3 Å². The molecule has 2 N–H and O–H groups in total. The highest BCUT2D eigenvalue weighted by Crippen LogP contribution is 2.34. The number of ether oxygens (including phenoxy) is 3. The Morgan fingerprint density at radius 1 is 0.900 bits per heavy atom. The first-order chi connectivity index (χ1) is 14.6. The molecule has 8 nitrogen and oxygen atoms in total. The van der Waals surface area contributed by atoms with Gasteiger partial charge < -0.3 is 24.8 Å². The first-order valence-corrected chi connectivity index (χ1v) is 9.20. The maximum absolute atomic E-state index is 12.2. The van der Waals surface area contributed by atoms with Gasteiger partial charge in [0.25, 0.3) is 11.8 Å². The van der Waals surface area contributed by atoms with E-state index in [4.69, 9.17) is 14.2 Å². The summed E-state index contributed by atoms with van der Waals surface area (Å²) >= 11 is 0. The van der Waals surface area contributed by atoms with Crippen LogP contribution in [0.25, 0.3) is 10.8 Å². The second-order valence-electron chi connectivity index (χ2n) is 6.52. The van der Waals surface area contributed by atoms with Crippen molar-refractivity contribution in [2.75, 3.05) is 25.3 Å². The summed E-state index contributed by atoms with van der Waals surface area (Å²) in [6, 6.07) is 17.9. The van der Waals surface area contributed by atoms with Crippen molar-refractivity contribution < 1.29 is 28.6 Å². The number of esters is 1. The fraction of sp³-hybridized carbons (Fsp3) is 0.136. The second kappa shape index (κ2) is 8.52. The molecule has 0 unspecified atom stereocenters. The lowest BCUT2D eigenvalue weighted by atomic mass is 10.1. The van der Waals surface area contributed by atoms with E-state index in [2.05, 4.69) is 10.6 Å². The van der Waals surface area contributed by atoms with Gasteiger partial charge in [0.2, 0.25) is 6.79 Å².